The Hall–Kier alpha value is -1.09. The molecule has 1 aromatic carbocycles. The predicted octanol–water partition coefficient (Wildman–Crippen LogP) is 3.81. The number of aliphatic hydroxyl groups is 1. The van der Waals surface area contributed by atoms with Crippen molar-refractivity contribution in [2.75, 3.05) is 11.9 Å². The highest BCUT2D eigenvalue weighted by molar-refractivity contribution is 5.45. The average molecular weight is 265 g/mol. The van der Waals surface area contributed by atoms with Crippen LogP contribution < -0.4 is 5.32 Å². The van der Waals surface area contributed by atoms with Crippen molar-refractivity contribution < 1.29 is 9.50 Å². The topological polar surface area (TPSA) is 32.3 Å². The van der Waals surface area contributed by atoms with Crippen LogP contribution in [0.2, 0.25) is 0 Å². The molecule has 2 nitrogen and oxygen atoms in total. The van der Waals surface area contributed by atoms with Gasteiger partial charge in [-0.25, -0.2) is 4.39 Å². The number of rotatable bonds is 4. The van der Waals surface area contributed by atoms with Gasteiger partial charge in [0, 0.05) is 5.69 Å². The van der Waals surface area contributed by atoms with E-state index in [9.17, 15) is 9.50 Å². The molecule has 1 aromatic rings. The Kier molecular flexibility index (Phi) is 4.46. The monoisotopic (exact) mass is 265 g/mol. The van der Waals surface area contributed by atoms with Crippen LogP contribution in [0.25, 0.3) is 0 Å². The summed E-state index contributed by atoms with van der Waals surface area (Å²) in [7, 11) is 0. The largest absolute Gasteiger partial charge is 0.394 e. The molecule has 0 amide bonds. The summed E-state index contributed by atoms with van der Waals surface area (Å²) in [5, 5.41) is 13.2. The highest BCUT2D eigenvalue weighted by Crippen LogP contribution is 2.37. The van der Waals surface area contributed by atoms with Gasteiger partial charge in [0.15, 0.2) is 0 Å². The van der Waals surface area contributed by atoms with Crippen molar-refractivity contribution in [2.24, 2.45) is 11.8 Å². The summed E-state index contributed by atoms with van der Waals surface area (Å²) in [6, 6.07) is 6.38. The molecule has 1 saturated carbocycles. The Morgan fingerprint density at radius 2 is 1.84 bits per heavy atom. The van der Waals surface area contributed by atoms with Crippen LogP contribution >= 0.6 is 0 Å². The van der Waals surface area contributed by atoms with Crippen molar-refractivity contribution in [1.82, 2.24) is 0 Å². The van der Waals surface area contributed by atoms with Crippen LogP contribution in [0, 0.1) is 17.7 Å². The van der Waals surface area contributed by atoms with E-state index >= 15 is 0 Å². The average Bonchev–Trinajstić information content (AvgIpc) is 2.42. The van der Waals surface area contributed by atoms with Crippen molar-refractivity contribution in [2.45, 2.75) is 45.1 Å². The van der Waals surface area contributed by atoms with Crippen molar-refractivity contribution >= 4 is 5.69 Å². The molecular weight excluding hydrogens is 241 g/mol. The first-order valence-corrected chi connectivity index (χ1v) is 7.19. The molecule has 2 N–H and O–H groups in total. The lowest BCUT2D eigenvalue weighted by molar-refractivity contribution is 0.136. The molecule has 3 heteroatoms. The Bertz CT molecular complexity index is 394. The SMILES string of the molecule is CC(C)C1CCC(CO)(Nc2ccc(F)cc2)CC1. The van der Waals surface area contributed by atoms with E-state index in [0.717, 1.165) is 37.3 Å². The molecule has 1 aliphatic rings. The quantitative estimate of drug-likeness (QED) is 0.867. The van der Waals surface area contributed by atoms with Crippen molar-refractivity contribution in [3.63, 3.8) is 0 Å². The summed E-state index contributed by atoms with van der Waals surface area (Å²) in [6.45, 7) is 4.67. The van der Waals surface area contributed by atoms with E-state index in [1.807, 2.05) is 0 Å². The van der Waals surface area contributed by atoms with Gasteiger partial charge < -0.3 is 10.4 Å². The van der Waals surface area contributed by atoms with Gasteiger partial charge in [-0.05, 0) is 61.8 Å². The van der Waals surface area contributed by atoms with E-state index in [4.69, 9.17) is 0 Å². The van der Waals surface area contributed by atoms with Gasteiger partial charge in [-0.1, -0.05) is 13.8 Å². The van der Waals surface area contributed by atoms with Crippen LogP contribution in [0.3, 0.4) is 0 Å². The summed E-state index contributed by atoms with van der Waals surface area (Å²) in [5.74, 6) is 1.24. The third-order valence-electron chi connectivity index (χ3n) is 4.49. The lowest BCUT2D eigenvalue weighted by Gasteiger charge is -2.41. The zero-order valence-electron chi connectivity index (χ0n) is 11.8. The minimum Gasteiger partial charge on any atom is -0.394 e. The fourth-order valence-corrected chi connectivity index (χ4v) is 3.02. The molecule has 19 heavy (non-hydrogen) atoms. The fourth-order valence-electron chi connectivity index (χ4n) is 3.02. The van der Waals surface area contributed by atoms with Gasteiger partial charge in [0.2, 0.25) is 0 Å². The number of anilines is 1. The van der Waals surface area contributed by atoms with Crippen molar-refractivity contribution in [3.05, 3.63) is 30.1 Å². The van der Waals surface area contributed by atoms with E-state index in [-0.39, 0.29) is 18.0 Å². The van der Waals surface area contributed by atoms with Crippen LogP contribution in [0.5, 0.6) is 0 Å². The maximum absolute atomic E-state index is 12.9. The van der Waals surface area contributed by atoms with Crippen LogP contribution in [0.1, 0.15) is 39.5 Å². The van der Waals surface area contributed by atoms with Gasteiger partial charge in [-0.2, -0.15) is 0 Å². The van der Waals surface area contributed by atoms with Crippen LogP contribution in [0.15, 0.2) is 24.3 Å². The summed E-state index contributed by atoms with van der Waals surface area (Å²) >= 11 is 0. The molecule has 0 aromatic heterocycles. The Morgan fingerprint density at radius 3 is 2.32 bits per heavy atom. The highest BCUT2D eigenvalue weighted by Gasteiger charge is 2.35. The molecule has 0 saturated heterocycles. The minimum absolute atomic E-state index is 0.134. The lowest BCUT2D eigenvalue weighted by Crippen LogP contribution is -2.45. The number of hydrogen-bond acceptors (Lipinski definition) is 2. The first kappa shape index (κ1) is 14.3. The molecule has 0 unspecified atom stereocenters. The molecule has 0 heterocycles. The molecule has 1 aliphatic carbocycles. The molecule has 0 radical (unpaired) electrons. The normalized spacial score (nSPS) is 27.5. The van der Waals surface area contributed by atoms with Crippen LogP contribution in [-0.4, -0.2) is 17.3 Å². The van der Waals surface area contributed by atoms with Gasteiger partial charge in [0.05, 0.1) is 12.1 Å². The molecule has 106 valence electrons. The molecule has 0 aliphatic heterocycles. The summed E-state index contributed by atoms with van der Waals surface area (Å²) in [4.78, 5) is 0. The number of halogens is 1. The number of nitrogens with one attached hydrogen (secondary N) is 1. The standard InChI is InChI=1S/C16H24FNO/c1-12(2)13-7-9-16(11-19,10-8-13)18-15-5-3-14(17)4-6-15/h3-6,12-13,18-19H,7-11H2,1-2H3. The third-order valence-corrected chi connectivity index (χ3v) is 4.49. The van der Waals surface area contributed by atoms with E-state index in [1.165, 1.54) is 12.1 Å². The van der Waals surface area contributed by atoms with E-state index in [1.54, 1.807) is 12.1 Å². The minimum atomic E-state index is -0.233. The van der Waals surface area contributed by atoms with E-state index < -0.39 is 0 Å². The van der Waals surface area contributed by atoms with Gasteiger partial charge >= 0.3 is 0 Å². The lowest BCUT2D eigenvalue weighted by atomic mass is 9.73. The van der Waals surface area contributed by atoms with E-state index in [0.29, 0.717) is 5.92 Å². The first-order chi connectivity index (χ1) is 9.04. The molecule has 0 bridgehead atoms. The smallest absolute Gasteiger partial charge is 0.123 e. The van der Waals surface area contributed by atoms with Crippen molar-refractivity contribution in [3.8, 4) is 0 Å². The maximum Gasteiger partial charge on any atom is 0.123 e. The third kappa shape index (κ3) is 3.47. The number of benzene rings is 1. The van der Waals surface area contributed by atoms with Gasteiger partial charge in [0.25, 0.3) is 0 Å². The second-order valence-corrected chi connectivity index (χ2v) is 6.15. The summed E-state index contributed by atoms with van der Waals surface area (Å²) in [5.41, 5.74) is 0.655. The zero-order valence-corrected chi connectivity index (χ0v) is 11.8. The summed E-state index contributed by atoms with van der Waals surface area (Å²) in [6.07, 6.45) is 4.24. The molecule has 0 atom stereocenters. The van der Waals surface area contributed by atoms with E-state index in [2.05, 4.69) is 19.2 Å². The van der Waals surface area contributed by atoms with Gasteiger partial charge in [0.1, 0.15) is 5.82 Å². The Labute approximate surface area is 115 Å². The highest BCUT2D eigenvalue weighted by atomic mass is 19.1. The van der Waals surface area contributed by atoms with Crippen LogP contribution in [0.4, 0.5) is 10.1 Å². The molecule has 2 rings (SSSR count). The molecule has 1 fully saturated rings. The number of hydrogen-bond donors (Lipinski definition) is 2. The second-order valence-electron chi connectivity index (χ2n) is 6.15. The van der Waals surface area contributed by atoms with Gasteiger partial charge in [-0.15, -0.1) is 0 Å². The Morgan fingerprint density at radius 1 is 1.26 bits per heavy atom. The maximum atomic E-state index is 12.9. The van der Waals surface area contributed by atoms with Crippen molar-refractivity contribution in [1.29, 1.82) is 0 Å². The molecular formula is C16H24FNO. The predicted molar refractivity (Wildman–Crippen MR) is 76.6 cm³/mol. The summed E-state index contributed by atoms with van der Waals surface area (Å²) < 4.78 is 12.9. The molecule has 0 spiro atoms. The number of aliphatic hydroxyl groups excluding tert-OH is 1. The zero-order chi connectivity index (χ0) is 13.9. The second kappa shape index (κ2) is 5.91. The van der Waals surface area contributed by atoms with Gasteiger partial charge in [-0.3, -0.25) is 0 Å². The fraction of sp³-hybridized carbons (Fsp3) is 0.625. The Balaban J connectivity index is 2.02. The van der Waals surface area contributed by atoms with Crippen LogP contribution in [-0.2, 0) is 0 Å². The first-order valence-electron chi connectivity index (χ1n) is 7.19.